The van der Waals surface area contributed by atoms with E-state index in [1.54, 1.807) is 36.4 Å². The van der Waals surface area contributed by atoms with E-state index in [0.717, 1.165) is 10.8 Å². The van der Waals surface area contributed by atoms with Gasteiger partial charge in [0.1, 0.15) is 11.4 Å². The Kier molecular flexibility index (Phi) is 4.96. The summed E-state index contributed by atoms with van der Waals surface area (Å²) in [5.41, 5.74) is 9.68. The summed E-state index contributed by atoms with van der Waals surface area (Å²) in [5.74, 6) is -0.485. The summed E-state index contributed by atoms with van der Waals surface area (Å²) in [6.07, 6.45) is 1.38. The van der Waals surface area contributed by atoms with Crippen molar-refractivity contribution in [1.29, 1.82) is 0 Å². The lowest BCUT2D eigenvalue weighted by molar-refractivity contribution is 0.0950. The minimum atomic E-state index is -0.619. The molecule has 11 heteroatoms. The molecule has 0 saturated heterocycles. The van der Waals surface area contributed by atoms with Crippen LogP contribution in [0.1, 0.15) is 16.1 Å². The SMILES string of the molecule is Nc1nonc1-n1nnc(C(=O)N/N=C\c2c(O)ccc3ccccc23)c1-c1ccccc1. The Bertz CT molecular complexity index is 1490. The topological polar surface area (TPSA) is 157 Å². The zero-order valence-electron chi connectivity index (χ0n) is 17.0. The molecule has 2 aromatic heterocycles. The average Bonchev–Trinajstić information content (AvgIpc) is 3.47. The molecular formula is C22H16N8O3. The second-order valence-electron chi connectivity index (χ2n) is 6.96. The number of anilines is 1. The Balaban J connectivity index is 1.50. The number of amides is 1. The van der Waals surface area contributed by atoms with E-state index in [4.69, 9.17) is 5.73 Å². The van der Waals surface area contributed by atoms with Crippen LogP contribution in [0.25, 0.3) is 27.8 Å². The maximum Gasteiger partial charge on any atom is 0.294 e. The minimum absolute atomic E-state index is 0.00603. The van der Waals surface area contributed by atoms with Crippen LogP contribution >= 0.6 is 0 Å². The Morgan fingerprint density at radius 2 is 1.85 bits per heavy atom. The number of hydrogen-bond donors (Lipinski definition) is 3. The van der Waals surface area contributed by atoms with Gasteiger partial charge >= 0.3 is 0 Å². The molecule has 5 rings (SSSR count). The number of hydrazone groups is 1. The number of rotatable bonds is 5. The zero-order valence-corrected chi connectivity index (χ0v) is 17.0. The van der Waals surface area contributed by atoms with Crippen LogP contribution in [-0.4, -0.2) is 42.5 Å². The molecule has 0 aliphatic heterocycles. The second kappa shape index (κ2) is 8.23. The molecule has 0 atom stereocenters. The molecule has 4 N–H and O–H groups in total. The van der Waals surface area contributed by atoms with E-state index in [9.17, 15) is 9.90 Å². The smallest absolute Gasteiger partial charge is 0.294 e. The first-order valence-electron chi connectivity index (χ1n) is 9.77. The molecule has 0 aliphatic carbocycles. The van der Waals surface area contributed by atoms with Crippen LogP contribution in [0.4, 0.5) is 5.82 Å². The molecule has 11 nitrogen and oxygen atoms in total. The van der Waals surface area contributed by atoms with Gasteiger partial charge < -0.3 is 10.8 Å². The molecular weight excluding hydrogens is 424 g/mol. The number of hydrogen-bond acceptors (Lipinski definition) is 9. The molecule has 0 aliphatic rings. The predicted molar refractivity (Wildman–Crippen MR) is 120 cm³/mol. The van der Waals surface area contributed by atoms with Crippen molar-refractivity contribution in [2.75, 3.05) is 5.73 Å². The molecule has 3 aromatic carbocycles. The number of carbonyl (C=O) groups is 1. The van der Waals surface area contributed by atoms with Crippen molar-refractivity contribution in [3.05, 3.63) is 78.0 Å². The molecule has 33 heavy (non-hydrogen) atoms. The summed E-state index contributed by atoms with van der Waals surface area (Å²) in [6, 6.07) is 19.9. The van der Waals surface area contributed by atoms with Gasteiger partial charge in [0.05, 0.1) is 6.21 Å². The van der Waals surface area contributed by atoms with E-state index < -0.39 is 5.91 Å². The van der Waals surface area contributed by atoms with Crippen molar-refractivity contribution in [3.8, 4) is 22.8 Å². The molecule has 0 saturated carbocycles. The third-order valence-corrected chi connectivity index (χ3v) is 4.94. The van der Waals surface area contributed by atoms with Gasteiger partial charge in [-0.15, -0.1) is 5.10 Å². The van der Waals surface area contributed by atoms with Crippen molar-refractivity contribution in [2.24, 2.45) is 5.10 Å². The number of carbonyl (C=O) groups excluding carboxylic acids is 1. The number of phenolic OH excluding ortho intramolecular Hbond substituents is 1. The highest BCUT2D eigenvalue weighted by Crippen LogP contribution is 2.27. The molecule has 0 unspecified atom stereocenters. The fourth-order valence-corrected chi connectivity index (χ4v) is 3.40. The van der Waals surface area contributed by atoms with Gasteiger partial charge in [-0.2, -0.15) is 9.78 Å². The van der Waals surface area contributed by atoms with E-state index in [1.165, 1.54) is 10.9 Å². The maximum absolute atomic E-state index is 13.0. The van der Waals surface area contributed by atoms with Crippen molar-refractivity contribution in [2.45, 2.75) is 0 Å². The number of fused-ring (bicyclic) bond motifs is 1. The van der Waals surface area contributed by atoms with E-state index >= 15 is 0 Å². The lowest BCUT2D eigenvalue weighted by atomic mass is 10.0. The van der Waals surface area contributed by atoms with E-state index in [1.807, 2.05) is 30.3 Å². The summed E-state index contributed by atoms with van der Waals surface area (Å²) in [6.45, 7) is 0. The average molecular weight is 440 g/mol. The Hall–Kier alpha value is -5.06. The summed E-state index contributed by atoms with van der Waals surface area (Å²) in [7, 11) is 0. The Morgan fingerprint density at radius 3 is 2.64 bits per heavy atom. The van der Waals surface area contributed by atoms with E-state index in [0.29, 0.717) is 16.8 Å². The van der Waals surface area contributed by atoms with Gasteiger partial charge in [0.2, 0.25) is 11.6 Å². The summed E-state index contributed by atoms with van der Waals surface area (Å²) in [4.78, 5) is 13.0. The molecule has 5 aromatic rings. The molecule has 0 spiro atoms. The molecule has 0 radical (unpaired) electrons. The van der Waals surface area contributed by atoms with Gasteiger partial charge in [0, 0.05) is 11.1 Å². The van der Waals surface area contributed by atoms with Gasteiger partial charge in [-0.25, -0.2) is 10.1 Å². The highest BCUT2D eigenvalue weighted by molar-refractivity contribution is 6.03. The zero-order chi connectivity index (χ0) is 22.8. The van der Waals surface area contributed by atoms with Crippen LogP contribution < -0.4 is 11.2 Å². The number of aromatic hydroxyl groups is 1. The lowest BCUT2D eigenvalue weighted by Crippen LogP contribution is -2.19. The largest absolute Gasteiger partial charge is 0.507 e. The van der Waals surface area contributed by atoms with Crippen LogP contribution in [0.3, 0.4) is 0 Å². The quantitative estimate of drug-likeness (QED) is 0.278. The molecule has 2 heterocycles. The lowest BCUT2D eigenvalue weighted by Gasteiger charge is -2.06. The summed E-state index contributed by atoms with van der Waals surface area (Å²) >= 11 is 0. The number of nitrogens with one attached hydrogen (secondary N) is 1. The van der Waals surface area contributed by atoms with Crippen LogP contribution in [0, 0.1) is 0 Å². The van der Waals surface area contributed by atoms with Crippen molar-refractivity contribution >= 4 is 28.7 Å². The fraction of sp³-hybridized carbons (Fsp3) is 0. The summed E-state index contributed by atoms with van der Waals surface area (Å²) < 4.78 is 5.93. The molecule has 1 amide bonds. The highest BCUT2D eigenvalue weighted by atomic mass is 16.6. The van der Waals surface area contributed by atoms with Crippen molar-refractivity contribution in [1.82, 2.24) is 30.7 Å². The van der Waals surface area contributed by atoms with Crippen LogP contribution in [0.5, 0.6) is 5.75 Å². The van der Waals surface area contributed by atoms with Crippen molar-refractivity contribution < 1.29 is 14.5 Å². The standard InChI is InChI=1S/C22H16N8O3/c23-20-21(28-33-27-20)30-19(14-7-2-1-3-8-14)18(25-29-30)22(32)26-24-12-16-15-9-5-4-6-13(15)10-11-17(16)31/h1-12,31H,(H2,23,27)(H,26,32)/b24-12-. The van der Waals surface area contributed by atoms with Crippen LogP contribution in [0.15, 0.2) is 76.5 Å². The Morgan fingerprint density at radius 1 is 1.06 bits per heavy atom. The second-order valence-corrected chi connectivity index (χ2v) is 6.96. The van der Waals surface area contributed by atoms with E-state index in [2.05, 4.69) is 35.8 Å². The highest BCUT2D eigenvalue weighted by Gasteiger charge is 2.25. The number of nitrogen functional groups attached to an aromatic ring is 1. The first kappa shape index (κ1) is 19.9. The normalized spacial score (nSPS) is 11.3. The van der Waals surface area contributed by atoms with Gasteiger partial charge in [0.15, 0.2) is 5.69 Å². The number of benzene rings is 3. The first-order chi connectivity index (χ1) is 16.1. The van der Waals surface area contributed by atoms with Crippen LogP contribution in [-0.2, 0) is 0 Å². The molecule has 0 bridgehead atoms. The third-order valence-electron chi connectivity index (χ3n) is 4.94. The number of nitrogens with zero attached hydrogens (tertiary/aromatic N) is 6. The van der Waals surface area contributed by atoms with Crippen molar-refractivity contribution in [3.63, 3.8) is 0 Å². The van der Waals surface area contributed by atoms with Crippen LogP contribution in [0.2, 0.25) is 0 Å². The number of nitrogens with two attached hydrogens (primary N) is 1. The minimum Gasteiger partial charge on any atom is -0.507 e. The first-order valence-corrected chi connectivity index (χ1v) is 9.77. The third kappa shape index (κ3) is 3.63. The predicted octanol–water partition coefficient (Wildman–Crippen LogP) is 2.52. The maximum atomic E-state index is 13.0. The molecule has 0 fully saturated rings. The van der Waals surface area contributed by atoms with Gasteiger partial charge in [0.25, 0.3) is 5.91 Å². The monoisotopic (exact) mass is 440 g/mol. The fourth-order valence-electron chi connectivity index (χ4n) is 3.40. The van der Waals surface area contributed by atoms with E-state index in [-0.39, 0.29) is 23.1 Å². The molecule has 162 valence electrons. The Labute approximate surface area is 186 Å². The summed E-state index contributed by atoms with van der Waals surface area (Å²) in [5, 5.41) is 31.3. The van der Waals surface area contributed by atoms with Gasteiger partial charge in [-0.05, 0) is 27.2 Å². The van der Waals surface area contributed by atoms with Gasteiger partial charge in [-0.3, -0.25) is 4.79 Å². The number of phenols is 1. The van der Waals surface area contributed by atoms with Gasteiger partial charge in [-0.1, -0.05) is 65.9 Å². The number of aromatic nitrogens is 5.